The number of aromatic nitrogens is 1. The third kappa shape index (κ3) is 2.74. The molecule has 2 aromatic carbocycles. The number of hydrogen-bond donors (Lipinski definition) is 1. The predicted molar refractivity (Wildman–Crippen MR) is 96.6 cm³/mol. The summed E-state index contributed by atoms with van der Waals surface area (Å²) in [5.74, 6) is 0. The van der Waals surface area contributed by atoms with E-state index in [2.05, 4.69) is 28.1 Å². The average Bonchev–Trinajstić information content (AvgIpc) is 3.09. The van der Waals surface area contributed by atoms with E-state index in [4.69, 9.17) is 0 Å². The van der Waals surface area contributed by atoms with Crippen LogP contribution >= 0.6 is 11.8 Å². The largest absolute Gasteiger partial charge is 0.336 e. The number of nitrogens with zero attached hydrogens (tertiary/aromatic N) is 1. The Morgan fingerprint density at radius 3 is 2.50 bits per heavy atom. The van der Waals surface area contributed by atoms with Gasteiger partial charge in [-0.05, 0) is 23.8 Å². The SMILES string of the molecule is O=C1NC(=Cc2cc3ccccc3n2Cc2ccccc2)C(=O)S1. The molecule has 0 bridgehead atoms. The molecular formula is C19H14N2O2S. The lowest BCUT2D eigenvalue weighted by Gasteiger charge is -2.09. The Morgan fingerprint density at radius 1 is 1.00 bits per heavy atom. The number of rotatable bonds is 3. The van der Waals surface area contributed by atoms with Gasteiger partial charge in [-0.25, -0.2) is 0 Å². The molecule has 1 saturated heterocycles. The highest BCUT2D eigenvalue weighted by Gasteiger charge is 2.25. The topological polar surface area (TPSA) is 51.1 Å². The molecule has 0 radical (unpaired) electrons. The summed E-state index contributed by atoms with van der Waals surface area (Å²) in [5, 5.41) is 3.15. The van der Waals surface area contributed by atoms with E-state index in [1.54, 1.807) is 6.08 Å². The summed E-state index contributed by atoms with van der Waals surface area (Å²) in [4.78, 5) is 23.3. The Kier molecular flexibility index (Phi) is 3.70. The highest BCUT2D eigenvalue weighted by atomic mass is 32.2. The Morgan fingerprint density at radius 2 is 1.75 bits per heavy atom. The molecule has 24 heavy (non-hydrogen) atoms. The minimum absolute atomic E-state index is 0.239. The summed E-state index contributed by atoms with van der Waals surface area (Å²) >= 11 is 0.698. The van der Waals surface area contributed by atoms with Gasteiger partial charge in [0.05, 0.1) is 5.70 Å². The van der Waals surface area contributed by atoms with E-state index in [9.17, 15) is 9.59 Å². The first-order valence-electron chi connectivity index (χ1n) is 7.58. The minimum Gasteiger partial charge on any atom is -0.336 e. The van der Waals surface area contributed by atoms with E-state index in [0.717, 1.165) is 16.6 Å². The maximum absolute atomic E-state index is 11.9. The van der Waals surface area contributed by atoms with E-state index >= 15 is 0 Å². The molecule has 3 aromatic rings. The molecule has 4 rings (SSSR count). The normalized spacial score (nSPS) is 16.1. The Labute approximate surface area is 143 Å². The van der Waals surface area contributed by atoms with Gasteiger partial charge in [-0.15, -0.1) is 0 Å². The average molecular weight is 334 g/mol. The Balaban J connectivity index is 1.83. The quantitative estimate of drug-likeness (QED) is 0.736. The van der Waals surface area contributed by atoms with Crippen molar-refractivity contribution in [2.45, 2.75) is 6.54 Å². The molecule has 1 N–H and O–H groups in total. The van der Waals surface area contributed by atoms with Gasteiger partial charge in [0.15, 0.2) is 0 Å². The van der Waals surface area contributed by atoms with Crippen LogP contribution < -0.4 is 5.32 Å². The number of benzene rings is 2. The zero-order valence-corrected chi connectivity index (χ0v) is 13.5. The van der Waals surface area contributed by atoms with Crippen LogP contribution in [0.15, 0.2) is 66.4 Å². The first-order chi connectivity index (χ1) is 11.7. The number of hydrogen-bond acceptors (Lipinski definition) is 3. The predicted octanol–water partition coefficient (Wildman–Crippen LogP) is 4.01. The minimum atomic E-state index is -0.322. The van der Waals surface area contributed by atoms with Crippen LogP contribution in [0, 0.1) is 0 Å². The molecule has 0 saturated carbocycles. The van der Waals surface area contributed by atoms with Crippen molar-refractivity contribution in [2.24, 2.45) is 0 Å². The summed E-state index contributed by atoms with van der Waals surface area (Å²) < 4.78 is 2.15. The third-order valence-electron chi connectivity index (χ3n) is 3.96. The lowest BCUT2D eigenvalue weighted by molar-refractivity contribution is -0.107. The van der Waals surface area contributed by atoms with E-state index in [1.165, 1.54) is 5.56 Å². The highest BCUT2D eigenvalue weighted by Crippen LogP contribution is 2.26. The summed E-state index contributed by atoms with van der Waals surface area (Å²) in [6.45, 7) is 0.697. The molecule has 0 aliphatic carbocycles. The molecule has 1 aromatic heterocycles. The van der Waals surface area contributed by atoms with E-state index in [0.29, 0.717) is 24.0 Å². The van der Waals surface area contributed by atoms with Gasteiger partial charge in [-0.2, -0.15) is 0 Å². The van der Waals surface area contributed by atoms with Gasteiger partial charge in [0.2, 0.25) is 5.12 Å². The molecule has 1 aliphatic heterocycles. The molecule has 1 fully saturated rings. The maximum Gasteiger partial charge on any atom is 0.291 e. The van der Waals surface area contributed by atoms with Crippen molar-refractivity contribution in [2.75, 3.05) is 0 Å². The third-order valence-corrected chi connectivity index (χ3v) is 4.65. The fourth-order valence-electron chi connectivity index (χ4n) is 2.86. The fraction of sp³-hybridized carbons (Fsp3) is 0.0526. The second-order valence-corrected chi connectivity index (χ2v) is 6.51. The summed E-state index contributed by atoms with van der Waals surface area (Å²) in [7, 11) is 0. The molecule has 1 amide bonds. The van der Waals surface area contributed by atoms with Crippen LogP contribution in [0.4, 0.5) is 4.79 Å². The standard InChI is InChI=1S/C19H14N2O2S/c22-18-16(20-19(23)24-18)11-15-10-14-8-4-5-9-17(14)21(15)12-13-6-2-1-3-7-13/h1-11H,12H2,(H,20,23). The second-order valence-electron chi connectivity index (χ2n) is 5.56. The number of carbonyl (C=O) groups is 2. The molecule has 2 heterocycles. The van der Waals surface area contributed by atoms with E-state index in [-0.39, 0.29) is 10.4 Å². The molecule has 118 valence electrons. The van der Waals surface area contributed by atoms with Gasteiger partial charge < -0.3 is 9.88 Å². The number of para-hydroxylation sites is 1. The van der Waals surface area contributed by atoms with Gasteiger partial charge in [0.1, 0.15) is 0 Å². The first kappa shape index (κ1) is 14.8. The summed E-state index contributed by atoms with van der Waals surface area (Å²) in [6, 6.07) is 20.3. The van der Waals surface area contributed by atoms with Gasteiger partial charge in [0, 0.05) is 34.9 Å². The van der Waals surface area contributed by atoms with E-state index < -0.39 is 0 Å². The van der Waals surface area contributed by atoms with Crippen molar-refractivity contribution in [3.8, 4) is 0 Å². The molecule has 4 nitrogen and oxygen atoms in total. The Bertz CT molecular complexity index is 973. The lowest BCUT2D eigenvalue weighted by atomic mass is 10.2. The van der Waals surface area contributed by atoms with Crippen molar-refractivity contribution >= 4 is 39.1 Å². The second kappa shape index (κ2) is 6.02. The van der Waals surface area contributed by atoms with Crippen LogP contribution in [0.1, 0.15) is 11.3 Å². The smallest absolute Gasteiger partial charge is 0.291 e. The number of amides is 1. The number of fused-ring (bicyclic) bond motifs is 1. The van der Waals surface area contributed by atoms with Crippen LogP contribution in [0.2, 0.25) is 0 Å². The van der Waals surface area contributed by atoms with E-state index in [1.807, 2.05) is 42.5 Å². The molecule has 1 aliphatic rings. The zero-order chi connectivity index (χ0) is 16.5. The number of thioether (sulfide) groups is 1. The van der Waals surface area contributed by atoms with Crippen molar-refractivity contribution < 1.29 is 9.59 Å². The van der Waals surface area contributed by atoms with Crippen LogP contribution in [0.3, 0.4) is 0 Å². The van der Waals surface area contributed by atoms with Gasteiger partial charge >= 0.3 is 0 Å². The van der Waals surface area contributed by atoms with Crippen LogP contribution in [-0.4, -0.2) is 14.9 Å². The number of nitrogens with one attached hydrogen (secondary N) is 1. The molecule has 0 spiro atoms. The maximum atomic E-state index is 11.9. The monoisotopic (exact) mass is 334 g/mol. The molecule has 5 heteroatoms. The number of carbonyl (C=O) groups excluding carboxylic acids is 2. The van der Waals surface area contributed by atoms with Gasteiger partial charge in [-0.1, -0.05) is 48.5 Å². The van der Waals surface area contributed by atoms with Crippen LogP contribution in [0.25, 0.3) is 17.0 Å². The van der Waals surface area contributed by atoms with Crippen molar-refractivity contribution in [3.05, 3.63) is 77.6 Å². The lowest BCUT2D eigenvalue weighted by Crippen LogP contribution is -2.11. The molecule has 0 atom stereocenters. The van der Waals surface area contributed by atoms with Crippen molar-refractivity contribution in [3.63, 3.8) is 0 Å². The molecular weight excluding hydrogens is 320 g/mol. The Hall–Kier alpha value is -2.79. The zero-order valence-electron chi connectivity index (χ0n) is 12.7. The van der Waals surface area contributed by atoms with Gasteiger partial charge in [-0.3, -0.25) is 9.59 Å². The van der Waals surface area contributed by atoms with Crippen molar-refractivity contribution in [1.29, 1.82) is 0 Å². The van der Waals surface area contributed by atoms with Gasteiger partial charge in [0.25, 0.3) is 5.24 Å². The molecule has 0 unspecified atom stereocenters. The van der Waals surface area contributed by atoms with Crippen LogP contribution in [0.5, 0.6) is 0 Å². The fourth-order valence-corrected chi connectivity index (χ4v) is 3.41. The summed E-state index contributed by atoms with van der Waals surface area (Å²) in [6.07, 6.45) is 1.75. The first-order valence-corrected chi connectivity index (χ1v) is 8.39. The van der Waals surface area contributed by atoms with Crippen molar-refractivity contribution in [1.82, 2.24) is 9.88 Å². The van der Waals surface area contributed by atoms with Crippen LogP contribution in [-0.2, 0) is 11.3 Å². The highest BCUT2D eigenvalue weighted by molar-refractivity contribution is 8.27. The summed E-state index contributed by atoms with van der Waals surface area (Å²) in [5.41, 5.74) is 3.50.